The monoisotopic (exact) mass is 390 g/mol. The Kier molecular flexibility index (Phi) is 10.0. The van der Waals surface area contributed by atoms with Gasteiger partial charge in [-0.2, -0.15) is 13.2 Å². The van der Waals surface area contributed by atoms with Crippen LogP contribution < -0.4 is 9.47 Å². The van der Waals surface area contributed by atoms with Gasteiger partial charge in [-0.15, -0.1) is 0 Å². The van der Waals surface area contributed by atoms with Crippen LogP contribution in [0.2, 0.25) is 0 Å². The largest absolute Gasteiger partial charge is 0.490 e. The minimum Gasteiger partial charge on any atom is -0.490 e. The molecule has 154 valence electrons. The van der Waals surface area contributed by atoms with Crippen molar-refractivity contribution in [2.24, 2.45) is 0 Å². The van der Waals surface area contributed by atoms with E-state index in [-0.39, 0.29) is 24.7 Å². The van der Waals surface area contributed by atoms with Crippen molar-refractivity contribution in [3.63, 3.8) is 0 Å². The summed E-state index contributed by atoms with van der Waals surface area (Å²) in [5.41, 5.74) is -1.62. The van der Waals surface area contributed by atoms with Crippen LogP contribution in [-0.2, 0) is 10.9 Å². The second kappa shape index (κ2) is 11.7. The maximum absolute atomic E-state index is 13.5. The molecule has 0 aliphatic heterocycles. The third-order valence-electron chi connectivity index (χ3n) is 3.85. The number of hydrogen-bond acceptors (Lipinski definition) is 4. The highest BCUT2D eigenvalue weighted by Crippen LogP contribution is 2.40. The number of ether oxygens (including phenoxy) is 3. The van der Waals surface area contributed by atoms with Crippen molar-refractivity contribution >= 4 is 5.97 Å². The third-order valence-corrected chi connectivity index (χ3v) is 3.85. The Bertz CT molecular complexity index is 585. The number of carbonyl (C=O) groups is 1. The van der Waals surface area contributed by atoms with Crippen molar-refractivity contribution in [1.82, 2.24) is 0 Å². The van der Waals surface area contributed by atoms with E-state index in [1.54, 1.807) is 0 Å². The number of rotatable bonds is 12. The molecular formula is C20H29F3O4. The van der Waals surface area contributed by atoms with Gasteiger partial charge in [0.25, 0.3) is 0 Å². The average Bonchev–Trinajstić information content (AvgIpc) is 2.62. The lowest BCUT2D eigenvalue weighted by molar-refractivity contribution is -0.138. The molecule has 1 aromatic rings. The molecule has 0 aliphatic rings. The van der Waals surface area contributed by atoms with E-state index in [0.717, 1.165) is 37.8 Å². The minimum absolute atomic E-state index is 0.00279. The quantitative estimate of drug-likeness (QED) is 0.323. The van der Waals surface area contributed by atoms with Crippen molar-refractivity contribution in [1.29, 1.82) is 0 Å². The Balaban J connectivity index is 3.23. The van der Waals surface area contributed by atoms with Crippen molar-refractivity contribution < 1.29 is 32.2 Å². The molecule has 1 aromatic carbocycles. The summed E-state index contributed by atoms with van der Waals surface area (Å²) in [5.74, 6) is -0.872. The second-order valence-corrected chi connectivity index (χ2v) is 6.24. The van der Waals surface area contributed by atoms with Crippen LogP contribution in [-0.4, -0.2) is 25.8 Å². The molecule has 0 fully saturated rings. The van der Waals surface area contributed by atoms with Gasteiger partial charge in [0.05, 0.1) is 30.9 Å². The highest BCUT2D eigenvalue weighted by atomic mass is 19.4. The molecule has 0 spiro atoms. The Morgan fingerprint density at radius 1 is 0.852 bits per heavy atom. The number of carbonyl (C=O) groups excluding carboxylic acids is 1. The van der Waals surface area contributed by atoms with Crippen LogP contribution in [0.15, 0.2) is 12.1 Å². The van der Waals surface area contributed by atoms with Gasteiger partial charge in [0.1, 0.15) is 0 Å². The molecule has 0 atom stereocenters. The van der Waals surface area contributed by atoms with Gasteiger partial charge in [-0.1, -0.05) is 40.0 Å². The Hall–Kier alpha value is -1.92. The molecule has 0 aliphatic carbocycles. The molecule has 0 aromatic heterocycles. The van der Waals surface area contributed by atoms with Crippen LogP contribution in [0.3, 0.4) is 0 Å². The second-order valence-electron chi connectivity index (χ2n) is 6.24. The zero-order valence-electron chi connectivity index (χ0n) is 16.3. The fourth-order valence-corrected chi connectivity index (χ4v) is 2.23. The molecule has 0 saturated heterocycles. The maximum Gasteiger partial charge on any atom is 0.417 e. The van der Waals surface area contributed by atoms with Crippen LogP contribution in [0, 0.1) is 0 Å². The third kappa shape index (κ3) is 7.69. The van der Waals surface area contributed by atoms with Crippen molar-refractivity contribution in [2.45, 2.75) is 65.5 Å². The highest BCUT2D eigenvalue weighted by Gasteiger charge is 2.37. The normalized spacial score (nSPS) is 11.3. The van der Waals surface area contributed by atoms with Crippen molar-refractivity contribution in [3.05, 3.63) is 23.3 Å². The summed E-state index contributed by atoms with van der Waals surface area (Å²) in [4.78, 5) is 12.2. The number of esters is 1. The Morgan fingerprint density at radius 3 is 1.81 bits per heavy atom. The van der Waals surface area contributed by atoms with E-state index in [9.17, 15) is 18.0 Å². The number of benzene rings is 1. The molecule has 0 amide bonds. The van der Waals surface area contributed by atoms with E-state index in [1.807, 2.05) is 20.8 Å². The topological polar surface area (TPSA) is 44.8 Å². The number of alkyl halides is 3. The molecule has 0 heterocycles. The van der Waals surface area contributed by atoms with E-state index >= 15 is 0 Å². The van der Waals surface area contributed by atoms with Crippen LogP contribution in [0.1, 0.15) is 75.2 Å². The van der Waals surface area contributed by atoms with E-state index < -0.39 is 23.3 Å². The van der Waals surface area contributed by atoms with Gasteiger partial charge >= 0.3 is 12.1 Å². The van der Waals surface area contributed by atoms with E-state index in [0.29, 0.717) is 19.4 Å². The van der Waals surface area contributed by atoms with E-state index in [2.05, 4.69) is 0 Å². The fourth-order valence-electron chi connectivity index (χ4n) is 2.23. The lowest BCUT2D eigenvalue weighted by Gasteiger charge is -2.18. The van der Waals surface area contributed by atoms with Crippen LogP contribution in [0.25, 0.3) is 0 Å². The molecule has 27 heavy (non-hydrogen) atoms. The summed E-state index contributed by atoms with van der Waals surface area (Å²) in [6, 6.07) is 1.93. The summed E-state index contributed by atoms with van der Waals surface area (Å²) in [6.07, 6.45) is -0.176. The van der Waals surface area contributed by atoms with Crippen LogP contribution >= 0.6 is 0 Å². The molecule has 1 rings (SSSR count). The molecule has 4 nitrogen and oxygen atoms in total. The lowest BCUT2D eigenvalue weighted by atomic mass is 10.1. The standard InChI is InChI=1S/C20H29F3O4/c1-4-7-10-25-17-13-15(19(24)27-12-9-6-3)16(20(21,22)23)14-18(17)26-11-8-5-2/h13-14H,4-12H2,1-3H3. The first kappa shape index (κ1) is 23.1. The zero-order chi connectivity index (χ0) is 20.3. The van der Waals surface area contributed by atoms with Crippen molar-refractivity contribution in [3.8, 4) is 11.5 Å². The van der Waals surface area contributed by atoms with Gasteiger partial charge in [-0.25, -0.2) is 4.79 Å². The number of halogens is 3. The molecular weight excluding hydrogens is 361 g/mol. The number of hydrogen-bond donors (Lipinski definition) is 0. The molecule has 7 heteroatoms. The molecule has 0 bridgehead atoms. The molecule has 0 radical (unpaired) electrons. The molecule has 0 saturated carbocycles. The van der Waals surface area contributed by atoms with Gasteiger partial charge in [0.2, 0.25) is 0 Å². The smallest absolute Gasteiger partial charge is 0.417 e. The highest BCUT2D eigenvalue weighted by molar-refractivity contribution is 5.92. The fraction of sp³-hybridized carbons (Fsp3) is 0.650. The first-order chi connectivity index (χ1) is 12.8. The van der Waals surface area contributed by atoms with Crippen LogP contribution in [0.4, 0.5) is 13.2 Å². The van der Waals surface area contributed by atoms with Crippen LogP contribution in [0.5, 0.6) is 11.5 Å². The maximum atomic E-state index is 13.5. The van der Waals surface area contributed by atoms with Gasteiger partial charge < -0.3 is 14.2 Å². The molecule has 0 N–H and O–H groups in total. The SMILES string of the molecule is CCCCOC(=O)c1cc(OCCCC)c(OCCCC)cc1C(F)(F)F. The van der Waals surface area contributed by atoms with E-state index in [1.165, 1.54) is 0 Å². The average molecular weight is 390 g/mol. The summed E-state index contributed by atoms with van der Waals surface area (Å²) in [6.45, 7) is 6.52. The Labute approximate surface area is 159 Å². The lowest BCUT2D eigenvalue weighted by Crippen LogP contribution is -2.17. The van der Waals surface area contributed by atoms with Gasteiger partial charge in [-0.05, 0) is 31.4 Å². The van der Waals surface area contributed by atoms with Gasteiger partial charge in [-0.3, -0.25) is 0 Å². The predicted octanol–water partition coefficient (Wildman–Crippen LogP) is 6.02. The summed E-state index contributed by atoms with van der Waals surface area (Å²) in [5, 5.41) is 0. The number of unbranched alkanes of at least 4 members (excludes halogenated alkanes) is 3. The zero-order valence-corrected chi connectivity index (χ0v) is 16.3. The Morgan fingerprint density at radius 2 is 1.33 bits per heavy atom. The summed E-state index contributed by atoms with van der Waals surface area (Å²) < 4.78 is 56.6. The van der Waals surface area contributed by atoms with Gasteiger partial charge in [0.15, 0.2) is 11.5 Å². The first-order valence-electron chi connectivity index (χ1n) is 9.53. The summed E-state index contributed by atoms with van der Waals surface area (Å²) in [7, 11) is 0. The predicted molar refractivity (Wildman–Crippen MR) is 97.4 cm³/mol. The van der Waals surface area contributed by atoms with Gasteiger partial charge in [0, 0.05) is 0 Å². The van der Waals surface area contributed by atoms with E-state index in [4.69, 9.17) is 14.2 Å². The summed E-state index contributed by atoms with van der Waals surface area (Å²) >= 11 is 0. The minimum atomic E-state index is -4.70. The first-order valence-corrected chi connectivity index (χ1v) is 9.53. The molecule has 0 unspecified atom stereocenters. The van der Waals surface area contributed by atoms with Crippen molar-refractivity contribution in [2.75, 3.05) is 19.8 Å².